The fourth-order valence-electron chi connectivity index (χ4n) is 3.45. The van der Waals surface area contributed by atoms with E-state index in [9.17, 15) is 9.90 Å². The van der Waals surface area contributed by atoms with Gasteiger partial charge in [0.1, 0.15) is 6.10 Å². The lowest BCUT2D eigenvalue weighted by atomic mass is 10.00. The van der Waals surface area contributed by atoms with Gasteiger partial charge in [0, 0.05) is 12.5 Å². The molecule has 2 fully saturated rings. The number of fused-ring (bicyclic) bond motifs is 1. The van der Waals surface area contributed by atoms with E-state index in [0.717, 1.165) is 11.8 Å². The third kappa shape index (κ3) is 2.61. The molecule has 118 valence electrons. The van der Waals surface area contributed by atoms with E-state index in [4.69, 9.17) is 9.57 Å². The summed E-state index contributed by atoms with van der Waals surface area (Å²) in [4.78, 5) is 17.3. The van der Waals surface area contributed by atoms with Crippen molar-refractivity contribution >= 4 is 6.29 Å². The van der Waals surface area contributed by atoms with Gasteiger partial charge in [0.25, 0.3) is 0 Å². The molecule has 0 unspecified atom stereocenters. The molecule has 2 aliphatic rings. The van der Waals surface area contributed by atoms with Gasteiger partial charge in [-0.15, -0.1) is 6.58 Å². The molecule has 0 amide bonds. The van der Waals surface area contributed by atoms with Crippen LogP contribution in [0.5, 0.6) is 0 Å². The Morgan fingerprint density at radius 2 is 2.23 bits per heavy atom. The van der Waals surface area contributed by atoms with Crippen LogP contribution in [0.2, 0.25) is 0 Å². The molecule has 1 saturated heterocycles. The van der Waals surface area contributed by atoms with Gasteiger partial charge in [0.2, 0.25) is 0 Å². The van der Waals surface area contributed by atoms with Crippen LogP contribution < -0.4 is 0 Å². The second-order valence-corrected chi connectivity index (χ2v) is 5.93. The minimum Gasteiger partial charge on any atom is -0.388 e. The number of benzene rings is 1. The first-order valence-corrected chi connectivity index (χ1v) is 7.53. The topological polar surface area (TPSA) is 59.0 Å². The summed E-state index contributed by atoms with van der Waals surface area (Å²) >= 11 is 0. The number of hydrogen-bond donors (Lipinski definition) is 1. The Morgan fingerprint density at radius 1 is 1.45 bits per heavy atom. The Hall–Kier alpha value is -1.53. The van der Waals surface area contributed by atoms with Gasteiger partial charge in [0.05, 0.1) is 19.3 Å². The molecule has 5 heteroatoms. The molecule has 0 aromatic heterocycles. The van der Waals surface area contributed by atoms with Crippen molar-refractivity contribution < 1.29 is 19.5 Å². The van der Waals surface area contributed by atoms with Crippen molar-refractivity contribution in [1.29, 1.82) is 0 Å². The zero-order valence-corrected chi connectivity index (χ0v) is 12.4. The van der Waals surface area contributed by atoms with Crippen molar-refractivity contribution in [3.63, 3.8) is 0 Å². The molecule has 1 heterocycles. The monoisotopic (exact) mass is 303 g/mol. The van der Waals surface area contributed by atoms with Crippen molar-refractivity contribution in [2.24, 2.45) is 5.92 Å². The molecule has 1 saturated carbocycles. The van der Waals surface area contributed by atoms with Gasteiger partial charge >= 0.3 is 0 Å². The maximum Gasteiger partial charge on any atom is 0.154 e. The maximum absolute atomic E-state index is 11.6. The Balaban J connectivity index is 1.76. The number of carbonyl (C=O) groups is 1. The van der Waals surface area contributed by atoms with Crippen molar-refractivity contribution in [1.82, 2.24) is 5.06 Å². The van der Waals surface area contributed by atoms with Crippen molar-refractivity contribution in [3.8, 4) is 0 Å². The molecule has 4 atom stereocenters. The number of hydrogen-bond acceptors (Lipinski definition) is 5. The predicted molar refractivity (Wildman–Crippen MR) is 80.8 cm³/mol. The SMILES string of the molecule is C=CCO[C@]1(C=O)C[C@@H]2CON(Cc3ccccc3)[C@@H]2[C@H]1O. The van der Waals surface area contributed by atoms with E-state index in [1.54, 1.807) is 11.1 Å². The van der Waals surface area contributed by atoms with Crippen LogP contribution in [0.4, 0.5) is 0 Å². The molecule has 0 radical (unpaired) electrons. The highest BCUT2D eigenvalue weighted by Crippen LogP contribution is 2.43. The third-order valence-electron chi connectivity index (χ3n) is 4.53. The first kappa shape index (κ1) is 15.4. The van der Waals surface area contributed by atoms with Crippen LogP contribution in [0, 0.1) is 5.92 Å². The predicted octanol–water partition coefficient (Wildman–Crippen LogP) is 1.32. The lowest BCUT2D eigenvalue weighted by Crippen LogP contribution is -2.50. The van der Waals surface area contributed by atoms with Crippen LogP contribution in [-0.4, -0.2) is 47.4 Å². The van der Waals surface area contributed by atoms with Crippen LogP contribution in [-0.2, 0) is 20.9 Å². The maximum atomic E-state index is 11.6. The molecule has 22 heavy (non-hydrogen) atoms. The molecular formula is C17H21NO4. The van der Waals surface area contributed by atoms with Gasteiger partial charge in [-0.25, -0.2) is 0 Å². The number of carbonyl (C=O) groups excluding carboxylic acids is 1. The Bertz CT molecular complexity index is 535. The summed E-state index contributed by atoms with van der Waals surface area (Å²) in [5.41, 5.74) is -0.0478. The molecule has 3 rings (SSSR count). The molecule has 5 nitrogen and oxygen atoms in total. The van der Waals surface area contributed by atoms with E-state index in [0.29, 0.717) is 19.6 Å². The minimum atomic E-state index is -1.15. The third-order valence-corrected chi connectivity index (χ3v) is 4.53. The average Bonchev–Trinajstić information content (AvgIpc) is 3.06. The van der Waals surface area contributed by atoms with E-state index < -0.39 is 11.7 Å². The first-order valence-electron chi connectivity index (χ1n) is 7.53. The van der Waals surface area contributed by atoms with Gasteiger partial charge in [-0.05, 0) is 12.0 Å². The van der Waals surface area contributed by atoms with Crippen molar-refractivity contribution in [3.05, 3.63) is 48.6 Å². The normalized spacial score (nSPS) is 34.5. The van der Waals surface area contributed by atoms with Crippen molar-refractivity contribution in [2.45, 2.75) is 30.7 Å². The fraction of sp³-hybridized carbons (Fsp3) is 0.471. The Kier molecular flexibility index (Phi) is 4.40. The number of rotatable bonds is 6. The Morgan fingerprint density at radius 3 is 2.91 bits per heavy atom. The van der Waals surface area contributed by atoms with E-state index >= 15 is 0 Å². The molecule has 0 spiro atoms. The summed E-state index contributed by atoms with van der Waals surface area (Å²) in [5.74, 6) is 0.0914. The van der Waals surface area contributed by atoms with Crippen LogP contribution in [0.15, 0.2) is 43.0 Å². The standard InChI is InChI=1S/C17H21NO4/c1-2-8-21-17(12-19)9-14-11-22-18(15(14)16(17)20)10-13-6-4-3-5-7-13/h2-7,12,14-16,20H,1,8-11H2/t14-,15+,16-,17+/m1/s1. The zero-order valence-electron chi connectivity index (χ0n) is 12.4. The summed E-state index contributed by atoms with van der Waals surface area (Å²) in [7, 11) is 0. The van der Waals surface area contributed by atoms with Crippen molar-refractivity contribution in [2.75, 3.05) is 13.2 Å². The smallest absolute Gasteiger partial charge is 0.154 e. The number of aldehydes is 1. The Labute approximate surface area is 130 Å². The highest BCUT2D eigenvalue weighted by molar-refractivity contribution is 5.65. The van der Waals surface area contributed by atoms with E-state index in [-0.39, 0.29) is 18.6 Å². The van der Waals surface area contributed by atoms with E-state index in [2.05, 4.69) is 6.58 Å². The summed E-state index contributed by atoms with van der Waals surface area (Å²) in [5, 5.41) is 12.5. The molecule has 1 aromatic rings. The van der Waals surface area contributed by atoms with Crippen LogP contribution in [0.25, 0.3) is 0 Å². The first-order chi connectivity index (χ1) is 10.7. The van der Waals surface area contributed by atoms with E-state index in [1.165, 1.54) is 0 Å². The highest BCUT2D eigenvalue weighted by Gasteiger charge is 2.59. The number of nitrogens with zero attached hydrogens (tertiary/aromatic N) is 1. The van der Waals surface area contributed by atoms with Crippen LogP contribution >= 0.6 is 0 Å². The van der Waals surface area contributed by atoms with Crippen LogP contribution in [0.3, 0.4) is 0 Å². The molecule has 1 aromatic carbocycles. The largest absolute Gasteiger partial charge is 0.388 e. The summed E-state index contributed by atoms with van der Waals surface area (Å²) in [6, 6.07) is 9.70. The van der Waals surface area contributed by atoms with Gasteiger partial charge in [0.15, 0.2) is 11.9 Å². The lowest BCUT2D eigenvalue weighted by molar-refractivity contribution is -0.186. The second-order valence-electron chi connectivity index (χ2n) is 5.93. The van der Waals surface area contributed by atoms with E-state index in [1.807, 2.05) is 30.3 Å². The minimum absolute atomic E-state index is 0.0914. The summed E-state index contributed by atoms with van der Waals surface area (Å²) < 4.78 is 5.62. The van der Waals surface area contributed by atoms with Crippen LogP contribution in [0.1, 0.15) is 12.0 Å². The number of ether oxygens (including phenoxy) is 1. The average molecular weight is 303 g/mol. The fourth-order valence-corrected chi connectivity index (χ4v) is 3.45. The van der Waals surface area contributed by atoms with Gasteiger partial charge in [-0.1, -0.05) is 36.4 Å². The van der Waals surface area contributed by atoms with Gasteiger partial charge in [-0.2, -0.15) is 5.06 Å². The number of aliphatic hydroxyl groups excluding tert-OH is 1. The summed E-state index contributed by atoms with van der Waals surface area (Å²) in [6.45, 7) is 4.92. The second kappa shape index (κ2) is 6.30. The molecule has 0 bridgehead atoms. The van der Waals surface area contributed by atoms with Gasteiger partial charge < -0.3 is 14.6 Å². The molecular weight excluding hydrogens is 282 g/mol. The molecule has 1 aliphatic heterocycles. The lowest BCUT2D eigenvalue weighted by Gasteiger charge is -2.31. The summed E-state index contributed by atoms with van der Waals surface area (Å²) in [6.07, 6.45) is 1.90. The zero-order chi connectivity index (χ0) is 15.6. The van der Waals surface area contributed by atoms with Gasteiger partial charge in [-0.3, -0.25) is 4.84 Å². The molecule has 1 N–H and O–H groups in total. The molecule has 1 aliphatic carbocycles. The quantitative estimate of drug-likeness (QED) is 0.634. The number of aliphatic hydroxyl groups is 1. The number of hydroxylamine groups is 2. The highest BCUT2D eigenvalue weighted by atomic mass is 16.7.